The standard InChI is InChI=1S/C17H27N3O3/c21-14-9-15-7-1-5-13-20(15)17(23)18-10-3-6-12-19-11-4-2-8-16(19)22/h2,4,8,11,15,21H,1,3,5-7,9-10,12-14H2,(H,18,23). The number of pyridine rings is 1. The highest BCUT2D eigenvalue weighted by Crippen LogP contribution is 2.19. The Morgan fingerprint density at radius 3 is 2.96 bits per heavy atom. The summed E-state index contributed by atoms with van der Waals surface area (Å²) in [5.41, 5.74) is 0.0108. The first-order valence-corrected chi connectivity index (χ1v) is 8.53. The summed E-state index contributed by atoms with van der Waals surface area (Å²) >= 11 is 0. The second-order valence-electron chi connectivity index (χ2n) is 6.03. The van der Waals surface area contributed by atoms with Gasteiger partial charge in [-0.3, -0.25) is 4.79 Å². The molecular formula is C17H27N3O3. The lowest BCUT2D eigenvalue weighted by atomic mass is 10.0. The van der Waals surface area contributed by atoms with Gasteiger partial charge in [0.15, 0.2) is 0 Å². The molecule has 1 aromatic heterocycles. The van der Waals surface area contributed by atoms with Crippen molar-refractivity contribution in [1.29, 1.82) is 0 Å². The van der Waals surface area contributed by atoms with Crippen molar-refractivity contribution >= 4 is 6.03 Å². The Hall–Kier alpha value is -1.82. The van der Waals surface area contributed by atoms with E-state index in [0.717, 1.165) is 38.6 Å². The van der Waals surface area contributed by atoms with Crippen LogP contribution in [-0.2, 0) is 6.54 Å². The van der Waals surface area contributed by atoms with Gasteiger partial charge in [-0.2, -0.15) is 0 Å². The molecule has 1 fully saturated rings. The number of hydrogen-bond donors (Lipinski definition) is 2. The summed E-state index contributed by atoms with van der Waals surface area (Å²) in [5, 5.41) is 12.1. The average Bonchev–Trinajstić information content (AvgIpc) is 2.57. The first-order chi connectivity index (χ1) is 11.2. The quantitative estimate of drug-likeness (QED) is 0.749. The smallest absolute Gasteiger partial charge is 0.317 e. The van der Waals surface area contributed by atoms with Gasteiger partial charge in [-0.25, -0.2) is 4.79 Å². The maximum absolute atomic E-state index is 12.2. The molecule has 1 unspecified atom stereocenters. The third-order valence-corrected chi connectivity index (χ3v) is 4.35. The molecule has 1 aliphatic heterocycles. The van der Waals surface area contributed by atoms with E-state index in [4.69, 9.17) is 5.11 Å². The second-order valence-corrected chi connectivity index (χ2v) is 6.03. The van der Waals surface area contributed by atoms with E-state index in [-0.39, 0.29) is 24.2 Å². The van der Waals surface area contributed by atoms with Gasteiger partial charge in [0.25, 0.3) is 0 Å². The molecule has 6 heteroatoms. The van der Waals surface area contributed by atoms with Crippen LogP contribution in [0.2, 0.25) is 0 Å². The monoisotopic (exact) mass is 321 g/mol. The molecule has 0 spiro atoms. The number of nitrogens with zero attached hydrogens (tertiary/aromatic N) is 2. The highest BCUT2D eigenvalue weighted by atomic mass is 16.3. The van der Waals surface area contributed by atoms with E-state index in [0.29, 0.717) is 19.5 Å². The topological polar surface area (TPSA) is 74.6 Å². The molecule has 128 valence electrons. The number of rotatable bonds is 7. The fraction of sp³-hybridized carbons (Fsp3) is 0.647. The molecule has 23 heavy (non-hydrogen) atoms. The van der Waals surface area contributed by atoms with E-state index >= 15 is 0 Å². The van der Waals surface area contributed by atoms with Gasteiger partial charge in [0.05, 0.1) is 0 Å². The Kier molecular flexibility index (Phi) is 7.13. The molecule has 1 saturated heterocycles. The number of piperidine rings is 1. The summed E-state index contributed by atoms with van der Waals surface area (Å²) in [7, 11) is 0. The largest absolute Gasteiger partial charge is 0.396 e. The van der Waals surface area contributed by atoms with Crippen molar-refractivity contribution in [2.45, 2.75) is 51.1 Å². The minimum absolute atomic E-state index is 0.0108. The first kappa shape index (κ1) is 17.5. The van der Waals surface area contributed by atoms with Crippen molar-refractivity contribution < 1.29 is 9.90 Å². The number of aromatic nitrogens is 1. The minimum atomic E-state index is -0.0278. The Morgan fingerprint density at radius 1 is 1.30 bits per heavy atom. The fourth-order valence-corrected chi connectivity index (χ4v) is 3.07. The molecule has 0 saturated carbocycles. The van der Waals surface area contributed by atoms with Crippen LogP contribution < -0.4 is 10.9 Å². The number of aliphatic hydroxyl groups excluding tert-OH is 1. The highest BCUT2D eigenvalue weighted by molar-refractivity contribution is 5.74. The maximum atomic E-state index is 12.2. The van der Waals surface area contributed by atoms with Crippen LogP contribution in [0.15, 0.2) is 29.2 Å². The molecule has 2 N–H and O–H groups in total. The van der Waals surface area contributed by atoms with Gasteiger partial charge in [-0.15, -0.1) is 0 Å². The lowest BCUT2D eigenvalue weighted by Crippen LogP contribution is -2.49. The van der Waals surface area contributed by atoms with Crippen LogP contribution in [0.3, 0.4) is 0 Å². The molecule has 0 bridgehead atoms. The van der Waals surface area contributed by atoms with Gasteiger partial charge in [0.2, 0.25) is 5.56 Å². The summed E-state index contributed by atoms with van der Waals surface area (Å²) in [6.45, 7) is 2.19. The van der Waals surface area contributed by atoms with E-state index < -0.39 is 0 Å². The number of likely N-dealkylation sites (tertiary alicyclic amines) is 1. The number of carbonyl (C=O) groups excluding carboxylic acids is 1. The van der Waals surface area contributed by atoms with Crippen molar-refractivity contribution in [1.82, 2.24) is 14.8 Å². The molecular weight excluding hydrogens is 294 g/mol. The molecule has 1 atom stereocenters. The molecule has 2 amide bonds. The van der Waals surface area contributed by atoms with E-state index in [1.54, 1.807) is 22.9 Å². The zero-order valence-corrected chi connectivity index (χ0v) is 13.6. The van der Waals surface area contributed by atoms with Crippen LogP contribution in [0.4, 0.5) is 4.79 Å². The predicted molar refractivity (Wildman–Crippen MR) is 89.4 cm³/mol. The second kappa shape index (κ2) is 9.35. The van der Waals surface area contributed by atoms with Crippen molar-refractivity contribution in [3.05, 3.63) is 34.7 Å². The number of hydrogen-bond acceptors (Lipinski definition) is 3. The van der Waals surface area contributed by atoms with Gasteiger partial charge in [0, 0.05) is 44.5 Å². The first-order valence-electron chi connectivity index (χ1n) is 8.53. The van der Waals surface area contributed by atoms with Crippen LogP contribution in [-0.4, -0.2) is 46.3 Å². The van der Waals surface area contributed by atoms with Gasteiger partial charge >= 0.3 is 6.03 Å². The SMILES string of the molecule is O=C(NCCCCn1ccccc1=O)N1CCCCC1CCO. The van der Waals surface area contributed by atoms with Crippen molar-refractivity contribution in [2.75, 3.05) is 19.7 Å². The third-order valence-electron chi connectivity index (χ3n) is 4.35. The van der Waals surface area contributed by atoms with Crippen molar-refractivity contribution in [3.63, 3.8) is 0 Å². The van der Waals surface area contributed by atoms with Crippen LogP contribution in [0.1, 0.15) is 38.5 Å². The lowest BCUT2D eigenvalue weighted by Gasteiger charge is -2.35. The molecule has 2 heterocycles. The minimum Gasteiger partial charge on any atom is -0.396 e. The highest BCUT2D eigenvalue weighted by Gasteiger charge is 2.25. The number of aliphatic hydroxyl groups is 1. The zero-order valence-electron chi connectivity index (χ0n) is 13.6. The van der Waals surface area contributed by atoms with E-state index in [1.165, 1.54) is 0 Å². The molecule has 0 aromatic carbocycles. The Bertz CT molecular complexity index is 542. The van der Waals surface area contributed by atoms with Crippen molar-refractivity contribution in [2.24, 2.45) is 0 Å². The van der Waals surface area contributed by atoms with Gasteiger partial charge in [-0.05, 0) is 44.6 Å². The zero-order chi connectivity index (χ0) is 16.5. The Morgan fingerprint density at radius 2 is 2.17 bits per heavy atom. The molecule has 0 aliphatic carbocycles. The number of aryl methyl sites for hydroxylation is 1. The van der Waals surface area contributed by atoms with Crippen LogP contribution in [0.5, 0.6) is 0 Å². The summed E-state index contributed by atoms with van der Waals surface area (Å²) in [6.07, 6.45) is 7.27. The van der Waals surface area contributed by atoms with Crippen LogP contribution in [0, 0.1) is 0 Å². The Labute approximate surface area is 137 Å². The van der Waals surface area contributed by atoms with Crippen molar-refractivity contribution in [3.8, 4) is 0 Å². The number of amides is 2. The third kappa shape index (κ3) is 5.39. The van der Waals surface area contributed by atoms with E-state index in [2.05, 4.69) is 5.32 Å². The fourth-order valence-electron chi connectivity index (χ4n) is 3.07. The van der Waals surface area contributed by atoms with Gasteiger partial charge in [-0.1, -0.05) is 6.07 Å². The number of unbranched alkanes of at least 4 members (excludes halogenated alkanes) is 1. The number of nitrogens with one attached hydrogen (secondary N) is 1. The number of carbonyl (C=O) groups is 1. The average molecular weight is 321 g/mol. The molecule has 1 aromatic rings. The number of urea groups is 1. The van der Waals surface area contributed by atoms with Crippen LogP contribution in [0.25, 0.3) is 0 Å². The predicted octanol–water partition coefficient (Wildman–Crippen LogP) is 1.57. The normalized spacial score (nSPS) is 18.0. The van der Waals surface area contributed by atoms with E-state index in [9.17, 15) is 9.59 Å². The van der Waals surface area contributed by atoms with E-state index in [1.807, 2.05) is 11.0 Å². The molecule has 1 aliphatic rings. The van der Waals surface area contributed by atoms with Gasteiger partial charge < -0.3 is 19.9 Å². The summed E-state index contributed by atoms with van der Waals surface area (Å²) in [5.74, 6) is 0. The molecule has 0 radical (unpaired) electrons. The Balaban J connectivity index is 1.68. The van der Waals surface area contributed by atoms with Gasteiger partial charge in [0.1, 0.15) is 0 Å². The molecule has 2 rings (SSSR count). The summed E-state index contributed by atoms with van der Waals surface area (Å²) in [6, 6.07) is 5.28. The molecule has 6 nitrogen and oxygen atoms in total. The summed E-state index contributed by atoms with van der Waals surface area (Å²) in [4.78, 5) is 25.7. The maximum Gasteiger partial charge on any atom is 0.317 e. The lowest BCUT2D eigenvalue weighted by molar-refractivity contribution is 0.132. The summed E-state index contributed by atoms with van der Waals surface area (Å²) < 4.78 is 1.68. The van der Waals surface area contributed by atoms with Crippen LogP contribution >= 0.6 is 0 Å².